The maximum atomic E-state index is 12.6. The lowest BCUT2D eigenvalue weighted by molar-refractivity contribution is -0.384. The molecule has 1 atom stereocenters. The number of thioether (sulfide) groups is 1. The number of carbonyl (C=O) groups is 2. The highest BCUT2D eigenvalue weighted by atomic mass is 35.5. The Morgan fingerprint density at radius 2 is 2.00 bits per heavy atom. The molecule has 1 heterocycles. The van der Waals surface area contributed by atoms with Crippen molar-refractivity contribution in [2.45, 2.75) is 24.7 Å². The van der Waals surface area contributed by atoms with E-state index in [-0.39, 0.29) is 28.1 Å². The quantitative estimate of drug-likeness (QED) is 0.162. The molecular formula is C23H23ClN6O5S. The van der Waals surface area contributed by atoms with E-state index >= 15 is 0 Å². The molecule has 0 saturated heterocycles. The van der Waals surface area contributed by atoms with Gasteiger partial charge < -0.3 is 19.9 Å². The predicted molar refractivity (Wildman–Crippen MR) is 137 cm³/mol. The summed E-state index contributed by atoms with van der Waals surface area (Å²) in [6, 6.07) is 10.00. The number of amides is 2. The number of rotatable bonds is 11. The van der Waals surface area contributed by atoms with Crippen LogP contribution in [0.4, 0.5) is 11.4 Å². The monoisotopic (exact) mass is 530 g/mol. The lowest BCUT2D eigenvalue weighted by Crippen LogP contribution is -2.28. The first kappa shape index (κ1) is 26.7. The van der Waals surface area contributed by atoms with E-state index in [9.17, 15) is 19.7 Å². The van der Waals surface area contributed by atoms with Gasteiger partial charge in [-0.1, -0.05) is 29.4 Å². The number of aromatic nitrogens is 3. The summed E-state index contributed by atoms with van der Waals surface area (Å²) in [6.07, 6.45) is 1.65. The minimum atomic E-state index is -0.575. The molecule has 2 amide bonds. The Morgan fingerprint density at radius 1 is 1.28 bits per heavy atom. The van der Waals surface area contributed by atoms with E-state index in [0.29, 0.717) is 28.8 Å². The van der Waals surface area contributed by atoms with Crippen LogP contribution in [0, 0.1) is 10.1 Å². The minimum absolute atomic E-state index is 0.0547. The number of nitrogens with one attached hydrogen (secondary N) is 2. The molecule has 0 radical (unpaired) electrons. The number of nitrogens with zero attached hydrogens (tertiary/aromatic N) is 4. The van der Waals surface area contributed by atoms with Gasteiger partial charge in [0, 0.05) is 24.2 Å². The number of halogens is 1. The molecule has 0 aliphatic carbocycles. The first-order valence-electron chi connectivity index (χ1n) is 10.6. The van der Waals surface area contributed by atoms with Gasteiger partial charge in [0.05, 0.1) is 34.5 Å². The fraction of sp³-hybridized carbons (Fsp3) is 0.217. The normalized spacial score (nSPS) is 11.4. The van der Waals surface area contributed by atoms with Crippen molar-refractivity contribution in [1.82, 2.24) is 20.1 Å². The van der Waals surface area contributed by atoms with Gasteiger partial charge in [0.1, 0.15) is 5.75 Å². The van der Waals surface area contributed by atoms with Crippen molar-refractivity contribution in [2.75, 3.05) is 18.2 Å². The molecule has 0 bridgehead atoms. The van der Waals surface area contributed by atoms with Gasteiger partial charge in [-0.15, -0.1) is 16.8 Å². The molecule has 0 aliphatic rings. The minimum Gasteiger partial charge on any atom is -0.497 e. The molecule has 2 N–H and O–H groups in total. The van der Waals surface area contributed by atoms with E-state index in [0.717, 1.165) is 11.8 Å². The van der Waals surface area contributed by atoms with Crippen LogP contribution in [0.5, 0.6) is 5.75 Å². The number of nitro benzene ring substituents is 1. The molecule has 0 aliphatic heterocycles. The Morgan fingerprint density at radius 3 is 2.64 bits per heavy atom. The molecule has 188 valence electrons. The summed E-state index contributed by atoms with van der Waals surface area (Å²) in [4.78, 5) is 35.5. The van der Waals surface area contributed by atoms with E-state index in [2.05, 4.69) is 27.4 Å². The summed E-state index contributed by atoms with van der Waals surface area (Å²) in [5.74, 6) is 0.352. The fourth-order valence-electron chi connectivity index (χ4n) is 3.15. The Kier molecular flexibility index (Phi) is 9.03. The number of allylic oxidation sites excluding steroid dienone is 1. The number of methoxy groups -OCH3 is 1. The molecule has 2 aromatic carbocycles. The van der Waals surface area contributed by atoms with Gasteiger partial charge in [-0.05, 0) is 37.3 Å². The van der Waals surface area contributed by atoms with Crippen molar-refractivity contribution in [3.8, 4) is 5.75 Å². The second kappa shape index (κ2) is 12.2. The van der Waals surface area contributed by atoms with Crippen LogP contribution in [0.3, 0.4) is 0 Å². The number of benzene rings is 2. The van der Waals surface area contributed by atoms with Gasteiger partial charge in [0.2, 0.25) is 5.91 Å². The predicted octanol–water partition coefficient (Wildman–Crippen LogP) is 4.26. The number of hydrogen-bond donors (Lipinski definition) is 2. The standard InChI is InChI=1S/C23H23ClN6O5S/c1-4-11-29-21(14(2)25-22(32)15-5-8-17(35-3)9-6-15)27-28-23(29)36-13-20(31)26-19-12-16(30(33)34)7-10-18(19)24/h4-10,12,14H,1,11,13H2,2-3H3,(H,25,32)(H,26,31). The third kappa shape index (κ3) is 6.61. The first-order valence-corrected chi connectivity index (χ1v) is 11.9. The molecule has 36 heavy (non-hydrogen) atoms. The van der Waals surface area contributed by atoms with Crippen LogP contribution < -0.4 is 15.4 Å². The molecule has 1 aromatic heterocycles. The van der Waals surface area contributed by atoms with Gasteiger partial charge >= 0.3 is 0 Å². The lowest BCUT2D eigenvalue weighted by atomic mass is 10.2. The molecule has 3 rings (SSSR count). The number of anilines is 1. The smallest absolute Gasteiger partial charge is 0.271 e. The second-order valence-electron chi connectivity index (χ2n) is 7.42. The second-order valence-corrected chi connectivity index (χ2v) is 8.77. The zero-order valence-electron chi connectivity index (χ0n) is 19.4. The summed E-state index contributed by atoms with van der Waals surface area (Å²) in [5.41, 5.74) is 0.409. The molecule has 3 aromatic rings. The van der Waals surface area contributed by atoms with E-state index in [1.54, 1.807) is 48.9 Å². The van der Waals surface area contributed by atoms with Crippen LogP contribution in [0.15, 0.2) is 60.3 Å². The van der Waals surface area contributed by atoms with Gasteiger partial charge in [-0.2, -0.15) is 0 Å². The van der Waals surface area contributed by atoms with Gasteiger partial charge in [-0.25, -0.2) is 0 Å². The number of non-ortho nitro benzene ring substituents is 1. The zero-order chi connectivity index (χ0) is 26.2. The van der Waals surface area contributed by atoms with Gasteiger partial charge in [0.25, 0.3) is 11.6 Å². The molecule has 0 fully saturated rings. The topological polar surface area (TPSA) is 141 Å². The summed E-state index contributed by atoms with van der Waals surface area (Å²) in [6.45, 7) is 5.88. The molecule has 0 spiro atoms. The van der Waals surface area contributed by atoms with Gasteiger partial charge in [-0.3, -0.25) is 19.7 Å². The summed E-state index contributed by atoms with van der Waals surface area (Å²) < 4.78 is 6.85. The fourth-order valence-corrected chi connectivity index (χ4v) is 4.07. The third-order valence-corrected chi connectivity index (χ3v) is 6.21. The number of ether oxygens (including phenoxy) is 1. The highest BCUT2D eigenvalue weighted by molar-refractivity contribution is 7.99. The van der Waals surface area contributed by atoms with Crippen LogP contribution >= 0.6 is 23.4 Å². The van der Waals surface area contributed by atoms with Crippen LogP contribution in [-0.2, 0) is 11.3 Å². The Bertz CT molecular complexity index is 1280. The maximum absolute atomic E-state index is 12.6. The summed E-state index contributed by atoms with van der Waals surface area (Å²) in [5, 5.41) is 25.4. The van der Waals surface area contributed by atoms with Crippen molar-refractivity contribution in [1.29, 1.82) is 0 Å². The molecular weight excluding hydrogens is 508 g/mol. The molecule has 1 unspecified atom stereocenters. The molecule has 0 saturated carbocycles. The van der Waals surface area contributed by atoms with E-state index < -0.39 is 16.9 Å². The maximum Gasteiger partial charge on any atom is 0.271 e. The average Bonchev–Trinajstić information content (AvgIpc) is 3.26. The Balaban J connectivity index is 1.67. The van der Waals surface area contributed by atoms with E-state index in [4.69, 9.17) is 16.3 Å². The van der Waals surface area contributed by atoms with Crippen LogP contribution in [0.2, 0.25) is 5.02 Å². The highest BCUT2D eigenvalue weighted by Gasteiger charge is 2.21. The lowest BCUT2D eigenvalue weighted by Gasteiger charge is -2.15. The molecule has 13 heteroatoms. The Labute approximate surface area is 216 Å². The van der Waals surface area contributed by atoms with Crippen molar-refractivity contribution in [2.24, 2.45) is 0 Å². The third-order valence-electron chi connectivity index (χ3n) is 4.91. The summed E-state index contributed by atoms with van der Waals surface area (Å²) in [7, 11) is 1.55. The average molecular weight is 531 g/mol. The van der Waals surface area contributed by atoms with Crippen molar-refractivity contribution < 1.29 is 19.2 Å². The molecule has 11 nitrogen and oxygen atoms in total. The van der Waals surface area contributed by atoms with E-state index in [1.165, 1.54) is 18.2 Å². The van der Waals surface area contributed by atoms with Crippen LogP contribution in [0.1, 0.15) is 29.1 Å². The zero-order valence-corrected chi connectivity index (χ0v) is 21.0. The number of carbonyl (C=O) groups excluding carboxylic acids is 2. The largest absolute Gasteiger partial charge is 0.497 e. The van der Waals surface area contributed by atoms with Crippen molar-refractivity contribution >= 4 is 46.6 Å². The van der Waals surface area contributed by atoms with Crippen molar-refractivity contribution in [3.63, 3.8) is 0 Å². The van der Waals surface area contributed by atoms with Crippen LogP contribution in [0.25, 0.3) is 0 Å². The van der Waals surface area contributed by atoms with Crippen molar-refractivity contribution in [3.05, 3.63) is 81.6 Å². The highest BCUT2D eigenvalue weighted by Crippen LogP contribution is 2.27. The van der Waals surface area contributed by atoms with Crippen LogP contribution in [-0.4, -0.2) is 44.4 Å². The van der Waals surface area contributed by atoms with E-state index in [1.807, 2.05) is 0 Å². The first-order chi connectivity index (χ1) is 17.2. The SMILES string of the molecule is C=CCn1c(SCC(=O)Nc2cc([N+](=O)[O-])ccc2Cl)nnc1C(C)NC(=O)c1ccc(OC)cc1. The number of nitro groups is 1. The number of hydrogen-bond acceptors (Lipinski definition) is 8. The Hall–Kier alpha value is -3.90. The van der Waals surface area contributed by atoms with Gasteiger partial charge in [0.15, 0.2) is 11.0 Å². The summed E-state index contributed by atoms with van der Waals surface area (Å²) >= 11 is 7.16.